The molecule has 0 fully saturated rings. The van der Waals surface area contributed by atoms with Gasteiger partial charge in [-0.25, -0.2) is 0 Å². The molecular formula is C13H16ClNO2. The summed E-state index contributed by atoms with van der Waals surface area (Å²) in [4.78, 5) is 11.2. The van der Waals surface area contributed by atoms with Crippen LogP contribution in [0.15, 0.2) is 18.2 Å². The largest absolute Gasteiger partial charge is 0.482 e. The molecule has 0 aliphatic carbocycles. The Labute approximate surface area is 106 Å². The summed E-state index contributed by atoms with van der Waals surface area (Å²) in [5.74, 6) is 0.572. The summed E-state index contributed by atoms with van der Waals surface area (Å²) in [5.41, 5.74) is 1.66. The van der Waals surface area contributed by atoms with Gasteiger partial charge in [0, 0.05) is 0 Å². The lowest BCUT2D eigenvalue weighted by molar-refractivity contribution is -0.118. The number of halogens is 1. The Morgan fingerprint density at radius 3 is 2.76 bits per heavy atom. The molecule has 2 rings (SSSR count). The maximum absolute atomic E-state index is 11.2. The Hall–Kier alpha value is -1.22. The first-order chi connectivity index (χ1) is 7.88. The monoisotopic (exact) mass is 253 g/mol. The summed E-state index contributed by atoms with van der Waals surface area (Å²) >= 11 is 6.41. The SMILES string of the molecule is CC(C)(C)C(Cl)c1ccc2c(c1)NC(=O)CO2. The van der Waals surface area contributed by atoms with Crippen LogP contribution in [0.1, 0.15) is 31.7 Å². The van der Waals surface area contributed by atoms with Crippen molar-refractivity contribution < 1.29 is 9.53 Å². The van der Waals surface area contributed by atoms with Crippen LogP contribution >= 0.6 is 11.6 Å². The number of hydrogen-bond donors (Lipinski definition) is 1. The lowest BCUT2D eigenvalue weighted by Gasteiger charge is -2.27. The second kappa shape index (κ2) is 4.22. The molecule has 3 nitrogen and oxygen atoms in total. The molecule has 0 spiro atoms. The number of nitrogens with one attached hydrogen (secondary N) is 1. The van der Waals surface area contributed by atoms with Gasteiger partial charge in [0.05, 0.1) is 11.1 Å². The van der Waals surface area contributed by atoms with E-state index in [0.717, 1.165) is 5.56 Å². The van der Waals surface area contributed by atoms with Crippen molar-refractivity contribution in [1.29, 1.82) is 0 Å². The van der Waals surface area contributed by atoms with Crippen LogP contribution in [0.4, 0.5) is 5.69 Å². The van der Waals surface area contributed by atoms with Crippen molar-refractivity contribution in [3.05, 3.63) is 23.8 Å². The first kappa shape index (κ1) is 12.2. The molecule has 0 saturated heterocycles. The quantitative estimate of drug-likeness (QED) is 0.780. The molecule has 0 aromatic heterocycles. The van der Waals surface area contributed by atoms with Gasteiger partial charge < -0.3 is 10.1 Å². The Kier molecular flexibility index (Phi) is 3.04. The van der Waals surface area contributed by atoms with E-state index in [0.29, 0.717) is 11.4 Å². The van der Waals surface area contributed by atoms with Crippen molar-refractivity contribution in [1.82, 2.24) is 0 Å². The summed E-state index contributed by atoms with van der Waals surface area (Å²) in [6.45, 7) is 6.33. The maximum atomic E-state index is 11.2. The highest BCUT2D eigenvalue weighted by molar-refractivity contribution is 6.21. The van der Waals surface area contributed by atoms with E-state index in [-0.39, 0.29) is 23.3 Å². The Morgan fingerprint density at radius 1 is 1.41 bits per heavy atom. The van der Waals surface area contributed by atoms with Gasteiger partial charge in [0.1, 0.15) is 5.75 Å². The van der Waals surface area contributed by atoms with E-state index in [1.807, 2.05) is 18.2 Å². The van der Waals surface area contributed by atoms with E-state index in [4.69, 9.17) is 16.3 Å². The van der Waals surface area contributed by atoms with Gasteiger partial charge in [-0.3, -0.25) is 4.79 Å². The molecule has 1 aromatic rings. The Bertz CT molecular complexity index is 451. The van der Waals surface area contributed by atoms with Crippen molar-refractivity contribution in [2.24, 2.45) is 5.41 Å². The van der Waals surface area contributed by atoms with E-state index in [1.54, 1.807) is 0 Å². The van der Waals surface area contributed by atoms with Crippen molar-refractivity contribution in [3.8, 4) is 5.75 Å². The van der Waals surface area contributed by atoms with Crippen LogP contribution in [0, 0.1) is 5.41 Å². The van der Waals surface area contributed by atoms with Gasteiger partial charge in [-0.15, -0.1) is 11.6 Å². The second-order valence-corrected chi connectivity index (χ2v) is 5.76. The molecule has 1 heterocycles. The number of carbonyl (C=O) groups excluding carboxylic acids is 1. The predicted octanol–water partition coefficient (Wildman–Crippen LogP) is 3.34. The van der Waals surface area contributed by atoms with E-state index in [1.165, 1.54) is 0 Å². The molecule has 1 atom stereocenters. The van der Waals surface area contributed by atoms with Crippen LogP contribution in [-0.2, 0) is 4.79 Å². The summed E-state index contributed by atoms with van der Waals surface area (Å²) in [6, 6.07) is 5.68. The molecule has 1 unspecified atom stereocenters. The van der Waals surface area contributed by atoms with E-state index < -0.39 is 0 Å². The zero-order valence-corrected chi connectivity index (χ0v) is 11.0. The number of anilines is 1. The fraction of sp³-hybridized carbons (Fsp3) is 0.462. The van der Waals surface area contributed by atoms with Gasteiger partial charge in [0.25, 0.3) is 5.91 Å². The summed E-state index contributed by atoms with van der Waals surface area (Å²) in [7, 11) is 0. The number of hydrogen-bond acceptors (Lipinski definition) is 2. The summed E-state index contributed by atoms with van der Waals surface area (Å²) < 4.78 is 5.30. The highest BCUT2D eigenvalue weighted by Gasteiger charge is 2.25. The molecule has 4 heteroatoms. The third kappa shape index (κ3) is 2.55. The second-order valence-electron chi connectivity index (χ2n) is 5.32. The molecule has 1 aliphatic heterocycles. The zero-order chi connectivity index (χ0) is 12.6. The number of rotatable bonds is 1. The van der Waals surface area contributed by atoms with Crippen molar-refractivity contribution >= 4 is 23.2 Å². The number of fused-ring (bicyclic) bond motifs is 1. The molecule has 0 radical (unpaired) electrons. The third-order valence-corrected chi connectivity index (χ3v) is 3.60. The van der Waals surface area contributed by atoms with Gasteiger partial charge in [-0.2, -0.15) is 0 Å². The molecule has 0 saturated carbocycles. The van der Waals surface area contributed by atoms with Crippen LogP contribution in [-0.4, -0.2) is 12.5 Å². The number of alkyl halides is 1. The molecule has 1 amide bonds. The zero-order valence-electron chi connectivity index (χ0n) is 10.2. The van der Waals surface area contributed by atoms with E-state index >= 15 is 0 Å². The first-order valence-electron chi connectivity index (χ1n) is 5.58. The third-order valence-electron chi connectivity index (χ3n) is 2.69. The number of carbonyl (C=O) groups is 1. The first-order valence-corrected chi connectivity index (χ1v) is 6.02. The van der Waals surface area contributed by atoms with Gasteiger partial charge in [0.15, 0.2) is 6.61 Å². The molecule has 17 heavy (non-hydrogen) atoms. The van der Waals surface area contributed by atoms with Crippen LogP contribution in [0.3, 0.4) is 0 Å². The molecule has 1 N–H and O–H groups in total. The minimum atomic E-state index is -0.128. The number of amides is 1. The van der Waals surface area contributed by atoms with Gasteiger partial charge in [-0.1, -0.05) is 26.8 Å². The highest BCUT2D eigenvalue weighted by Crippen LogP contribution is 2.41. The fourth-order valence-corrected chi connectivity index (χ4v) is 1.89. The molecule has 1 aromatic carbocycles. The van der Waals surface area contributed by atoms with E-state index in [9.17, 15) is 4.79 Å². The maximum Gasteiger partial charge on any atom is 0.262 e. The predicted molar refractivity (Wildman–Crippen MR) is 68.6 cm³/mol. The van der Waals surface area contributed by atoms with Crippen molar-refractivity contribution in [2.45, 2.75) is 26.1 Å². The normalized spacial score (nSPS) is 16.8. The number of ether oxygens (including phenoxy) is 1. The van der Waals surface area contributed by atoms with Crippen LogP contribution in [0.25, 0.3) is 0 Å². The van der Waals surface area contributed by atoms with Crippen molar-refractivity contribution in [3.63, 3.8) is 0 Å². The molecule has 92 valence electrons. The molecule has 1 aliphatic rings. The lowest BCUT2D eigenvalue weighted by Crippen LogP contribution is -2.25. The summed E-state index contributed by atoms with van der Waals surface area (Å²) in [5, 5.41) is 2.68. The van der Waals surface area contributed by atoms with Crippen LogP contribution in [0.2, 0.25) is 0 Å². The average molecular weight is 254 g/mol. The van der Waals surface area contributed by atoms with Crippen LogP contribution in [0.5, 0.6) is 5.75 Å². The standard InChI is InChI=1S/C13H16ClNO2/c1-13(2,3)12(14)8-4-5-10-9(6-8)15-11(16)7-17-10/h4-6,12H,7H2,1-3H3,(H,15,16). The topological polar surface area (TPSA) is 38.3 Å². The van der Waals surface area contributed by atoms with Crippen LogP contribution < -0.4 is 10.1 Å². The van der Waals surface area contributed by atoms with Gasteiger partial charge >= 0.3 is 0 Å². The van der Waals surface area contributed by atoms with Gasteiger partial charge in [0.2, 0.25) is 0 Å². The number of benzene rings is 1. The fourth-order valence-electron chi connectivity index (χ4n) is 1.76. The molecular weight excluding hydrogens is 238 g/mol. The smallest absolute Gasteiger partial charge is 0.262 e. The highest BCUT2D eigenvalue weighted by atomic mass is 35.5. The van der Waals surface area contributed by atoms with Crippen molar-refractivity contribution in [2.75, 3.05) is 11.9 Å². The average Bonchev–Trinajstić information content (AvgIpc) is 2.25. The Morgan fingerprint density at radius 2 is 2.12 bits per heavy atom. The minimum Gasteiger partial charge on any atom is -0.482 e. The Balaban J connectivity index is 2.33. The molecule has 0 bridgehead atoms. The lowest BCUT2D eigenvalue weighted by atomic mass is 9.87. The van der Waals surface area contributed by atoms with Gasteiger partial charge in [-0.05, 0) is 23.1 Å². The van der Waals surface area contributed by atoms with E-state index in [2.05, 4.69) is 26.1 Å². The minimum absolute atomic E-state index is 0.0324. The summed E-state index contributed by atoms with van der Waals surface area (Å²) in [6.07, 6.45) is 0.